The van der Waals surface area contributed by atoms with Gasteiger partial charge in [0.25, 0.3) is 5.76 Å². The molecule has 1 atom stereocenters. The highest BCUT2D eigenvalue weighted by molar-refractivity contribution is 7.99. The molecule has 0 radical (unpaired) electrons. The molecule has 1 aliphatic heterocycles. The first kappa shape index (κ1) is 8.97. The molecule has 1 saturated heterocycles. The van der Waals surface area contributed by atoms with Crippen molar-refractivity contribution < 1.29 is 13.5 Å². The van der Waals surface area contributed by atoms with Gasteiger partial charge in [0.2, 0.25) is 0 Å². The van der Waals surface area contributed by atoms with Gasteiger partial charge in [0.15, 0.2) is 0 Å². The predicted molar refractivity (Wildman–Crippen MR) is 47.0 cm³/mol. The van der Waals surface area contributed by atoms with E-state index in [0.29, 0.717) is 23.3 Å². The highest BCUT2D eigenvalue weighted by atomic mass is 32.2. The van der Waals surface area contributed by atoms with Gasteiger partial charge >= 0.3 is 0 Å². The van der Waals surface area contributed by atoms with Crippen molar-refractivity contribution in [2.75, 3.05) is 6.61 Å². The highest BCUT2D eigenvalue weighted by Gasteiger charge is 2.24. The quantitative estimate of drug-likeness (QED) is 0.551. The third-order valence-electron chi connectivity index (χ3n) is 1.79. The lowest BCUT2D eigenvalue weighted by Crippen LogP contribution is -1.84. The van der Waals surface area contributed by atoms with Crippen molar-refractivity contribution in [3.05, 3.63) is 29.8 Å². The zero-order valence-corrected chi connectivity index (χ0v) is 7.56. The summed E-state index contributed by atoms with van der Waals surface area (Å²) in [6.45, 7) is 0.711. The summed E-state index contributed by atoms with van der Waals surface area (Å²) in [5, 5.41) is 0. The molecule has 1 fully saturated rings. The smallest absolute Gasteiger partial charge is 0.288 e. The van der Waals surface area contributed by atoms with E-state index in [9.17, 15) is 8.78 Å². The number of hydrogen-bond donors (Lipinski definition) is 0. The molecule has 1 aliphatic rings. The van der Waals surface area contributed by atoms with Gasteiger partial charge in [-0.05, 0) is 17.7 Å². The Morgan fingerprint density at radius 1 is 1.46 bits per heavy atom. The van der Waals surface area contributed by atoms with Crippen LogP contribution in [0.25, 0.3) is 0 Å². The number of ether oxygens (including phenoxy) is 1. The molecule has 0 amide bonds. The van der Waals surface area contributed by atoms with Crippen molar-refractivity contribution in [2.24, 2.45) is 0 Å². The summed E-state index contributed by atoms with van der Waals surface area (Å²) in [6, 6.07) is 7.12. The van der Waals surface area contributed by atoms with E-state index in [-0.39, 0.29) is 6.10 Å². The van der Waals surface area contributed by atoms with Crippen molar-refractivity contribution in [1.82, 2.24) is 0 Å². The van der Waals surface area contributed by atoms with Gasteiger partial charge < -0.3 is 4.74 Å². The molecule has 0 aromatic heterocycles. The molecule has 70 valence electrons. The molecule has 4 heteroatoms. The number of halogens is 2. The van der Waals surface area contributed by atoms with E-state index >= 15 is 0 Å². The molecule has 0 saturated carbocycles. The average molecular weight is 202 g/mol. The zero-order valence-electron chi connectivity index (χ0n) is 6.74. The first-order chi connectivity index (χ1) is 6.25. The Morgan fingerprint density at radius 3 is 2.85 bits per heavy atom. The van der Waals surface area contributed by atoms with Crippen LogP contribution in [0.4, 0.5) is 8.78 Å². The van der Waals surface area contributed by atoms with Crippen LogP contribution in [-0.2, 0) is 4.74 Å². The van der Waals surface area contributed by atoms with E-state index in [1.54, 1.807) is 18.2 Å². The number of benzene rings is 1. The normalized spacial score (nSPS) is 20.7. The summed E-state index contributed by atoms with van der Waals surface area (Å²) in [5.74, 6) is -2.35. The molecule has 13 heavy (non-hydrogen) atoms. The van der Waals surface area contributed by atoms with E-state index in [1.165, 1.54) is 0 Å². The number of hydrogen-bond acceptors (Lipinski definition) is 2. The Bertz CT molecular complexity index is 299. The summed E-state index contributed by atoms with van der Waals surface area (Å²) in [5.41, 5.74) is 0.991. The van der Waals surface area contributed by atoms with Crippen LogP contribution in [0.15, 0.2) is 29.2 Å². The molecule has 1 heterocycles. The topological polar surface area (TPSA) is 12.5 Å². The summed E-state index contributed by atoms with van der Waals surface area (Å²) in [4.78, 5) is 0.600. The lowest BCUT2D eigenvalue weighted by molar-refractivity contribution is 0.252. The highest BCUT2D eigenvalue weighted by Crippen LogP contribution is 2.33. The Hall–Kier alpha value is -0.610. The van der Waals surface area contributed by atoms with Crippen molar-refractivity contribution in [3.63, 3.8) is 0 Å². The largest absolute Gasteiger partial charge is 0.368 e. The van der Waals surface area contributed by atoms with Crippen molar-refractivity contribution >= 4 is 11.8 Å². The Morgan fingerprint density at radius 2 is 2.23 bits per heavy atom. The van der Waals surface area contributed by atoms with Crippen LogP contribution < -0.4 is 0 Å². The van der Waals surface area contributed by atoms with Gasteiger partial charge in [-0.15, -0.1) is 0 Å². The molecule has 0 N–H and O–H groups in total. The van der Waals surface area contributed by atoms with Gasteiger partial charge in [0.1, 0.15) is 6.10 Å². The second kappa shape index (κ2) is 3.64. The molecular formula is C9H8F2OS. The van der Waals surface area contributed by atoms with Crippen molar-refractivity contribution in [2.45, 2.75) is 16.8 Å². The van der Waals surface area contributed by atoms with Gasteiger partial charge in [0.05, 0.1) is 6.61 Å². The van der Waals surface area contributed by atoms with Gasteiger partial charge in [-0.2, -0.15) is 8.78 Å². The summed E-state index contributed by atoms with van der Waals surface area (Å²) < 4.78 is 29.1. The van der Waals surface area contributed by atoms with Crippen LogP contribution in [-0.4, -0.2) is 12.4 Å². The Labute approximate surface area is 79.1 Å². The minimum Gasteiger partial charge on any atom is -0.368 e. The monoisotopic (exact) mass is 202 g/mol. The summed E-state index contributed by atoms with van der Waals surface area (Å²) in [6.07, 6.45) is 0.137. The standard InChI is InChI=1S/C9H8F2OS/c10-9(11)13-7-3-1-2-6(4-7)8-5-12-8/h1-4,8-9H,5H2. The molecule has 0 aliphatic carbocycles. The van der Waals surface area contributed by atoms with Crippen molar-refractivity contribution in [1.29, 1.82) is 0 Å². The van der Waals surface area contributed by atoms with Crippen LogP contribution in [0, 0.1) is 0 Å². The molecule has 1 unspecified atom stereocenters. The fraction of sp³-hybridized carbons (Fsp3) is 0.333. The lowest BCUT2D eigenvalue weighted by Gasteiger charge is -2.01. The fourth-order valence-electron chi connectivity index (χ4n) is 1.13. The first-order valence-corrected chi connectivity index (χ1v) is 4.80. The molecule has 2 rings (SSSR count). The number of alkyl halides is 2. The molecule has 1 aromatic carbocycles. The van der Waals surface area contributed by atoms with Crippen LogP contribution in [0.1, 0.15) is 11.7 Å². The van der Waals surface area contributed by atoms with Crippen LogP contribution >= 0.6 is 11.8 Å². The number of thioether (sulfide) groups is 1. The van der Waals surface area contributed by atoms with Crippen molar-refractivity contribution in [3.8, 4) is 0 Å². The maximum Gasteiger partial charge on any atom is 0.288 e. The Kier molecular flexibility index (Phi) is 2.51. The van der Waals surface area contributed by atoms with E-state index < -0.39 is 5.76 Å². The number of epoxide rings is 1. The van der Waals surface area contributed by atoms with Gasteiger partial charge in [-0.3, -0.25) is 0 Å². The number of rotatable bonds is 3. The third kappa shape index (κ3) is 2.42. The van der Waals surface area contributed by atoms with Gasteiger partial charge in [-0.25, -0.2) is 0 Å². The average Bonchev–Trinajstić information content (AvgIpc) is 2.85. The predicted octanol–water partition coefficient (Wildman–Crippen LogP) is 3.07. The van der Waals surface area contributed by atoms with Gasteiger partial charge in [0, 0.05) is 4.90 Å². The first-order valence-electron chi connectivity index (χ1n) is 3.92. The second-order valence-corrected chi connectivity index (χ2v) is 3.84. The minimum absolute atomic E-state index is 0.137. The van der Waals surface area contributed by atoms with E-state index in [1.807, 2.05) is 6.07 Å². The van der Waals surface area contributed by atoms with E-state index in [2.05, 4.69) is 0 Å². The molecular weight excluding hydrogens is 194 g/mol. The van der Waals surface area contributed by atoms with Crippen LogP contribution in [0.5, 0.6) is 0 Å². The van der Waals surface area contributed by atoms with E-state index in [4.69, 9.17) is 4.74 Å². The van der Waals surface area contributed by atoms with Crippen LogP contribution in [0.2, 0.25) is 0 Å². The van der Waals surface area contributed by atoms with E-state index in [0.717, 1.165) is 5.56 Å². The molecule has 1 aromatic rings. The summed E-state index contributed by atoms with van der Waals surface area (Å²) in [7, 11) is 0. The van der Waals surface area contributed by atoms with Crippen LogP contribution in [0.3, 0.4) is 0 Å². The Balaban J connectivity index is 2.12. The minimum atomic E-state index is -2.35. The zero-order chi connectivity index (χ0) is 9.26. The summed E-state index contributed by atoms with van der Waals surface area (Å²) >= 11 is 0.569. The maximum atomic E-state index is 12.0. The van der Waals surface area contributed by atoms with Gasteiger partial charge in [-0.1, -0.05) is 23.9 Å². The lowest BCUT2D eigenvalue weighted by atomic mass is 10.2. The molecule has 0 spiro atoms. The molecule has 0 bridgehead atoms. The maximum absolute atomic E-state index is 12.0. The second-order valence-electron chi connectivity index (χ2n) is 2.77. The third-order valence-corrected chi connectivity index (χ3v) is 2.49. The fourth-order valence-corrected chi connectivity index (χ4v) is 1.70. The SMILES string of the molecule is FC(F)Sc1cccc(C2CO2)c1. The molecule has 1 nitrogen and oxygen atoms in total.